The highest BCUT2D eigenvalue weighted by Gasteiger charge is 2.31. The zero-order chi connectivity index (χ0) is 15.1. The third-order valence-electron chi connectivity index (χ3n) is 4.38. The Morgan fingerprint density at radius 2 is 1.90 bits per heavy atom. The van der Waals surface area contributed by atoms with Crippen molar-refractivity contribution < 1.29 is 9.53 Å². The lowest BCUT2D eigenvalue weighted by Gasteiger charge is -2.35. The van der Waals surface area contributed by atoms with E-state index in [0.717, 1.165) is 24.2 Å². The van der Waals surface area contributed by atoms with Crippen LogP contribution in [0.25, 0.3) is 0 Å². The Kier molecular flexibility index (Phi) is 5.92. The molecule has 116 valence electrons. The summed E-state index contributed by atoms with van der Waals surface area (Å²) < 4.78 is 5.11. The Morgan fingerprint density at radius 3 is 2.48 bits per heavy atom. The van der Waals surface area contributed by atoms with Crippen molar-refractivity contribution >= 4 is 17.5 Å². The smallest absolute Gasteiger partial charge is 0.224 e. The van der Waals surface area contributed by atoms with Crippen LogP contribution in [0.4, 0.5) is 0 Å². The van der Waals surface area contributed by atoms with Crippen molar-refractivity contribution in [1.82, 2.24) is 5.32 Å². The zero-order valence-electron chi connectivity index (χ0n) is 12.7. The molecule has 4 heteroatoms. The van der Waals surface area contributed by atoms with Gasteiger partial charge in [-0.2, -0.15) is 0 Å². The molecule has 1 N–H and O–H groups in total. The topological polar surface area (TPSA) is 38.3 Å². The summed E-state index contributed by atoms with van der Waals surface area (Å²) in [5.74, 6) is 1.51. The van der Waals surface area contributed by atoms with E-state index < -0.39 is 0 Å². The molecule has 0 saturated heterocycles. The summed E-state index contributed by atoms with van der Waals surface area (Å²) >= 11 is 6.15. The van der Waals surface area contributed by atoms with E-state index in [-0.39, 0.29) is 11.3 Å². The monoisotopic (exact) mass is 309 g/mol. The third kappa shape index (κ3) is 4.63. The predicted octanol–water partition coefficient (Wildman–Crippen LogP) is 3.54. The highest BCUT2D eigenvalue weighted by molar-refractivity contribution is 6.18. The Balaban J connectivity index is 1.83. The van der Waals surface area contributed by atoms with Crippen LogP contribution in [0.15, 0.2) is 24.3 Å². The molecule has 0 spiro atoms. The number of nitrogens with one attached hydrogen (secondary N) is 1. The summed E-state index contributed by atoms with van der Waals surface area (Å²) in [5.41, 5.74) is 1.10. The molecule has 0 aromatic heterocycles. The van der Waals surface area contributed by atoms with Crippen molar-refractivity contribution in [3.8, 4) is 5.75 Å². The molecule has 1 amide bonds. The predicted molar refractivity (Wildman–Crippen MR) is 85.9 cm³/mol. The number of methoxy groups -OCH3 is 1. The van der Waals surface area contributed by atoms with Gasteiger partial charge in [-0.3, -0.25) is 4.79 Å². The van der Waals surface area contributed by atoms with Gasteiger partial charge in [-0.1, -0.05) is 31.4 Å². The number of carbonyl (C=O) groups is 1. The molecule has 1 saturated carbocycles. The molecule has 1 aliphatic rings. The maximum absolute atomic E-state index is 12.1. The van der Waals surface area contributed by atoms with E-state index in [4.69, 9.17) is 16.3 Å². The number of ether oxygens (including phenoxy) is 1. The number of benzene rings is 1. The van der Waals surface area contributed by atoms with Gasteiger partial charge in [0.25, 0.3) is 0 Å². The number of amides is 1. The lowest BCUT2D eigenvalue weighted by atomic mass is 9.75. The van der Waals surface area contributed by atoms with Gasteiger partial charge in [0.15, 0.2) is 0 Å². The van der Waals surface area contributed by atoms with Crippen LogP contribution < -0.4 is 10.1 Å². The fraction of sp³-hybridized carbons (Fsp3) is 0.588. The van der Waals surface area contributed by atoms with E-state index in [2.05, 4.69) is 5.32 Å². The first-order chi connectivity index (χ1) is 10.2. The molecule has 2 rings (SSSR count). The Hall–Kier alpha value is -1.22. The standard InChI is InChI=1S/C17H24ClNO2/c1-21-15-7-5-14(6-8-15)11-16(20)19-13-17(12-18)9-3-2-4-10-17/h5-8H,2-4,9-13H2,1H3,(H,19,20). The summed E-state index contributed by atoms with van der Waals surface area (Å²) in [6.45, 7) is 0.700. The molecule has 1 fully saturated rings. The van der Waals surface area contributed by atoms with E-state index >= 15 is 0 Å². The average Bonchev–Trinajstić information content (AvgIpc) is 2.54. The van der Waals surface area contributed by atoms with Crippen LogP contribution in [0.5, 0.6) is 5.75 Å². The number of alkyl halides is 1. The fourth-order valence-electron chi connectivity index (χ4n) is 2.94. The summed E-state index contributed by atoms with van der Waals surface area (Å²) in [6, 6.07) is 7.61. The molecular weight excluding hydrogens is 286 g/mol. The zero-order valence-corrected chi connectivity index (χ0v) is 13.4. The number of carbonyl (C=O) groups excluding carboxylic acids is 1. The Labute approximate surface area is 132 Å². The summed E-state index contributed by atoms with van der Waals surface area (Å²) in [7, 11) is 1.64. The molecule has 3 nitrogen and oxygen atoms in total. The first-order valence-electron chi connectivity index (χ1n) is 7.63. The van der Waals surface area contributed by atoms with Gasteiger partial charge in [0.1, 0.15) is 5.75 Å². The molecule has 0 bridgehead atoms. The van der Waals surface area contributed by atoms with Gasteiger partial charge in [0.2, 0.25) is 5.91 Å². The molecule has 0 aliphatic heterocycles. The lowest BCUT2D eigenvalue weighted by molar-refractivity contribution is -0.121. The minimum Gasteiger partial charge on any atom is -0.497 e. The van der Waals surface area contributed by atoms with Crippen molar-refractivity contribution in [1.29, 1.82) is 0 Å². The SMILES string of the molecule is COc1ccc(CC(=O)NCC2(CCl)CCCCC2)cc1. The molecule has 0 unspecified atom stereocenters. The third-order valence-corrected chi connectivity index (χ3v) is 4.95. The number of hydrogen-bond donors (Lipinski definition) is 1. The van der Waals surface area contributed by atoms with Gasteiger partial charge >= 0.3 is 0 Å². The van der Waals surface area contributed by atoms with Crippen LogP contribution in [0.1, 0.15) is 37.7 Å². The van der Waals surface area contributed by atoms with Crippen molar-refractivity contribution in [2.75, 3.05) is 19.5 Å². The largest absolute Gasteiger partial charge is 0.497 e. The quantitative estimate of drug-likeness (QED) is 0.816. The molecule has 1 aliphatic carbocycles. The van der Waals surface area contributed by atoms with E-state index in [0.29, 0.717) is 18.8 Å². The highest BCUT2D eigenvalue weighted by atomic mass is 35.5. The summed E-state index contributed by atoms with van der Waals surface area (Å²) in [5, 5.41) is 3.07. The summed E-state index contributed by atoms with van der Waals surface area (Å²) in [6.07, 6.45) is 6.39. The molecule has 21 heavy (non-hydrogen) atoms. The maximum atomic E-state index is 12.1. The molecule has 0 atom stereocenters. The second-order valence-corrected chi connectivity index (χ2v) is 6.26. The van der Waals surface area contributed by atoms with E-state index in [1.54, 1.807) is 7.11 Å². The molecule has 0 heterocycles. The van der Waals surface area contributed by atoms with Crippen LogP contribution in [0.3, 0.4) is 0 Å². The van der Waals surface area contributed by atoms with E-state index in [1.807, 2.05) is 24.3 Å². The van der Waals surface area contributed by atoms with Crippen molar-refractivity contribution in [2.45, 2.75) is 38.5 Å². The molecule has 1 aromatic rings. The fourth-order valence-corrected chi connectivity index (χ4v) is 3.30. The Bertz CT molecular complexity index is 452. The van der Waals surface area contributed by atoms with Crippen molar-refractivity contribution in [3.05, 3.63) is 29.8 Å². The van der Waals surface area contributed by atoms with Gasteiger partial charge in [-0.05, 0) is 30.5 Å². The van der Waals surface area contributed by atoms with Crippen LogP contribution in [0, 0.1) is 5.41 Å². The normalized spacial score (nSPS) is 17.2. The van der Waals surface area contributed by atoms with Crippen LogP contribution in [-0.4, -0.2) is 25.4 Å². The maximum Gasteiger partial charge on any atom is 0.224 e. The van der Waals surface area contributed by atoms with Gasteiger partial charge in [-0.15, -0.1) is 11.6 Å². The summed E-state index contributed by atoms with van der Waals surface area (Å²) in [4.78, 5) is 12.1. The molecular formula is C17H24ClNO2. The molecule has 0 radical (unpaired) electrons. The van der Waals surface area contributed by atoms with Gasteiger partial charge in [0.05, 0.1) is 13.5 Å². The van der Waals surface area contributed by atoms with Crippen LogP contribution in [0.2, 0.25) is 0 Å². The van der Waals surface area contributed by atoms with Crippen molar-refractivity contribution in [2.24, 2.45) is 5.41 Å². The number of rotatable bonds is 6. The van der Waals surface area contributed by atoms with E-state index in [9.17, 15) is 4.79 Å². The van der Waals surface area contributed by atoms with E-state index in [1.165, 1.54) is 19.3 Å². The minimum atomic E-state index is 0.0650. The Morgan fingerprint density at radius 1 is 1.24 bits per heavy atom. The first-order valence-corrected chi connectivity index (χ1v) is 8.16. The minimum absolute atomic E-state index is 0.0650. The van der Waals surface area contributed by atoms with Gasteiger partial charge < -0.3 is 10.1 Å². The van der Waals surface area contributed by atoms with Gasteiger partial charge in [0, 0.05) is 17.8 Å². The van der Waals surface area contributed by atoms with Crippen molar-refractivity contribution in [3.63, 3.8) is 0 Å². The average molecular weight is 310 g/mol. The number of hydrogen-bond acceptors (Lipinski definition) is 2. The van der Waals surface area contributed by atoms with Gasteiger partial charge in [-0.25, -0.2) is 0 Å². The number of halogens is 1. The van der Waals surface area contributed by atoms with Crippen LogP contribution in [-0.2, 0) is 11.2 Å². The lowest BCUT2D eigenvalue weighted by Crippen LogP contribution is -2.40. The van der Waals surface area contributed by atoms with Crippen LogP contribution >= 0.6 is 11.6 Å². The highest BCUT2D eigenvalue weighted by Crippen LogP contribution is 2.36. The second kappa shape index (κ2) is 7.69. The second-order valence-electron chi connectivity index (χ2n) is 6.00. The molecule has 1 aromatic carbocycles. The first kappa shape index (κ1) is 16.2.